The third-order valence-electron chi connectivity index (χ3n) is 2.56. The van der Waals surface area contributed by atoms with Crippen LogP contribution in [0.2, 0.25) is 0 Å². The van der Waals surface area contributed by atoms with E-state index in [0.29, 0.717) is 0 Å². The third kappa shape index (κ3) is 5.83. The van der Waals surface area contributed by atoms with Gasteiger partial charge in [0.25, 0.3) is 0 Å². The molecule has 0 aliphatic rings. The van der Waals surface area contributed by atoms with Crippen molar-refractivity contribution in [3.05, 3.63) is 25.6 Å². The average molecular weight is 457 g/mol. The van der Waals surface area contributed by atoms with Gasteiger partial charge in [-0.25, -0.2) is 0 Å². The van der Waals surface area contributed by atoms with E-state index in [9.17, 15) is 4.79 Å². The van der Waals surface area contributed by atoms with Gasteiger partial charge in [0, 0.05) is 19.5 Å². The Hall–Kier alpha value is -0.0700. The van der Waals surface area contributed by atoms with Gasteiger partial charge in [-0.2, -0.15) is 0 Å². The minimum Gasteiger partial charge on any atom is -0.374 e. The average Bonchev–Trinajstić information content (AvgIpc) is 2.27. The van der Waals surface area contributed by atoms with Crippen LogP contribution in [0.15, 0.2) is 25.6 Å². The molecule has 1 amide bonds. The normalized spacial score (nSPS) is 12.1. The summed E-state index contributed by atoms with van der Waals surface area (Å²) in [5.41, 5.74) is 0.876. The second-order valence-corrected chi connectivity index (χ2v) is 6.98. The van der Waals surface area contributed by atoms with Crippen molar-refractivity contribution in [3.8, 4) is 0 Å². The summed E-state index contributed by atoms with van der Waals surface area (Å²) in [5.74, 6) is 0.00247. The van der Waals surface area contributed by atoms with E-state index in [0.717, 1.165) is 31.9 Å². The van der Waals surface area contributed by atoms with Gasteiger partial charge < -0.3 is 10.6 Å². The number of halogens is 3. The zero-order valence-corrected chi connectivity index (χ0v) is 15.7. The summed E-state index contributed by atoms with van der Waals surface area (Å²) in [6, 6.07) is 4.09. The summed E-state index contributed by atoms with van der Waals surface area (Å²) >= 11 is 10.3. The summed E-state index contributed by atoms with van der Waals surface area (Å²) in [4.78, 5) is 11.8. The molecular weight excluding hydrogens is 440 g/mol. The lowest BCUT2D eigenvalue weighted by Crippen LogP contribution is -2.36. The molecule has 0 saturated carbocycles. The maximum absolute atomic E-state index is 11.8. The molecule has 0 aromatic heterocycles. The van der Waals surface area contributed by atoms with Crippen LogP contribution in [0.1, 0.15) is 26.7 Å². The topological polar surface area (TPSA) is 41.1 Å². The number of benzene rings is 1. The highest BCUT2D eigenvalue weighted by molar-refractivity contribution is 9.11. The molecule has 0 fully saturated rings. The summed E-state index contributed by atoms with van der Waals surface area (Å²) in [5, 5.41) is 6.09. The maximum Gasteiger partial charge on any atom is 0.239 e. The number of carbonyl (C=O) groups excluding carboxylic acids is 1. The molecule has 0 saturated heterocycles. The number of hydrogen-bond acceptors (Lipinski definition) is 2. The molecular formula is C13H17Br3N2O. The monoisotopic (exact) mass is 454 g/mol. The lowest BCUT2D eigenvalue weighted by atomic mass is 10.2. The van der Waals surface area contributed by atoms with E-state index < -0.39 is 0 Å². The number of amides is 1. The van der Waals surface area contributed by atoms with Gasteiger partial charge in [-0.05, 0) is 57.3 Å². The molecule has 0 heterocycles. The molecule has 0 radical (unpaired) electrons. The van der Waals surface area contributed by atoms with Crippen LogP contribution in [0.4, 0.5) is 5.69 Å². The molecule has 19 heavy (non-hydrogen) atoms. The van der Waals surface area contributed by atoms with Gasteiger partial charge in [-0.15, -0.1) is 0 Å². The Morgan fingerprint density at radius 2 is 1.84 bits per heavy atom. The molecule has 0 aliphatic heterocycles. The van der Waals surface area contributed by atoms with E-state index in [1.54, 1.807) is 0 Å². The van der Waals surface area contributed by atoms with Crippen molar-refractivity contribution in [2.75, 3.05) is 11.9 Å². The van der Waals surface area contributed by atoms with Gasteiger partial charge in [-0.1, -0.05) is 29.3 Å². The second-order valence-electron chi connectivity index (χ2n) is 4.36. The smallest absolute Gasteiger partial charge is 0.239 e. The Morgan fingerprint density at radius 1 is 1.26 bits per heavy atom. The molecule has 1 aromatic rings. The summed E-state index contributed by atoms with van der Waals surface area (Å²) < 4.78 is 2.78. The van der Waals surface area contributed by atoms with E-state index in [-0.39, 0.29) is 18.5 Å². The first kappa shape index (κ1) is 17.0. The predicted molar refractivity (Wildman–Crippen MR) is 90.5 cm³/mol. The van der Waals surface area contributed by atoms with Crippen molar-refractivity contribution >= 4 is 59.4 Å². The molecule has 3 nitrogen and oxygen atoms in total. The molecule has 1 atom stereocenters. The van der Waals surface area contributed by atoms with Gasteiger partial charge in [0.1, 0.15) is 0 Å². The van der Waals surface area contributed by atoms with Gasteiger partial charge in [0.2, 0.25) is 5.91 Å². The lowest BCUT2D eigenvalue weighted by Gasteiger charge is -2.15. The highest BCUT2D eigenvalue weighted by Gasteiger charge is 2.10. The first-order chi connectivity index (χ1) is 8.93. The summed E-state index contributed by atoms with van der Waals surface area (Å²) in [6.45, 7) is 4.39. The Kier molecular flexibility index (Phi) is 7.39. The van der Waals surface area contributed by atoms with Crippen molar-refractivity contribution < 1.29 is 4.79 Å². The first-order valence-corrected chi connectivity index (χ1v) is 8.49. The number of nitrogens with one attached hydrogen (secondary N) is 2. The van der Waals surface area contributed by atoms with Gasteiger partial charge in [-0.3, -0.25) is 4.79 Å². The molecule has 0 spiro atoms. The number of rotatable bonds is 6. The van der Waals surface area contributed by atoms with E-state index in [1.165, 1.54) is 0 Å². The highest BCUT2D eigenvalue weighted by Crippen LogP contribution is 2.34. The van der Waals surface area contributed by atoms with E-state index in [2.05, 4.69) is 65.3 Å². The van der Waals surface area contributed by atoms with Gasteiger partial charge >= 0.3 is 0 Å². The zero-order valence-electron chi connectivity index (χ0n) is 10.9. The van der Waals surface area contributed by atoms with Crippen molar-refractivity contribution in [1.29, 1.82) is 0 Å². The minimum atomic E-state index is 0.00247. The van der Waals surface area contributed by atoms with Crippen LogP contribution in [0.3, 0.4) is 0 Å². The van der Waals surface area contributed by atoms with Crippen LogP contribution in [0.25, 0.3) is 0 Å². The quantitative estimate of drug-likeness (QED) is 0.652. The van der Waals surface area contributed by atoms with Crippen molar-refractivity contribution in [2.45, 2.75) is 32.7 Å². The Labute approximate surface area is 139 Å². The molecule has 106 valence electrons. The van der Waals surface area contributed by atoms with E-state index in [4.69, 9.17) is 0 Å². The Bertz CT molecular complexity index is 429. The van der Waals surface area contributed by atoms with Crippen LogP contribution < -0.4 is 10.6 Å². The molecule has 6 heteroatoms. The Morgan fingerprint density at radius 3 is 2.37 bits per heavy atom. The summed E-state index contributed by atoms with van der Waals surface area (Å²) in [6.07, 6.45) is 2.07. The SMILES string of the molecule is CCCC(C)NC(=O)CNc1c(Br)cc(Br)cc1Br. The van der Waals surface area contributed by atoms with E-state index >= 15 is 0 Å². The standard InChI is InChI=1S/C13H17Br3N2O/c1-3-4-8(2)18-12(19)7-17-13-10(15)5-9(14)6-11(13)16/h5-6,8,17H,3-4,7H2,1-2H3,(H,18,19). The molecule has 1 unspecified atom stereocenters. The fraction of sp³-hybridized carbons (Fsp3) is 0.462. The Balaban J connectivity index is 2.55. The second kappa shape index (κ2) is 8.27. The molecule has 0 bridgehead atoms. The molecule has 1 aromatic carbocycles. The van der Waals surface area contributed by atoms with Crippen LogP contribution in [0, 0.1) is 0 Å². The van der Waals surface area contributed by atoms with Gasteiger partial charge in [0.15, 0.2) is 0 Å². The predicted octanol–water partition coefficient (Wildman–Crippen LogP) is 4.69. The molecule has 1 rings (SSSR count). The highest BCUT2D eigenvalue weighted by atomic mass is 79.9. The van der Waals surface area contributed by atoms with Crippen molar-refractivity contribution in [3.63, 3.8) is 0 Å². The zero-order chi connectivity index (χ0) is 14.4. The number of carbonyl (C=O) groups is 1. The van der Waals surface area contributed by atoms with Crippen molar-refractivity contribution in [2.24, 2.45) is 0 Å². The fourth-order valence-corrected chi connectivity index (χ4v) is 4.25. The largest absolute Gasteiger partial charge is 0.374 e. The summed E-state index contributed by atoms with van der Waals surface area (Å²) in [7, 11) is 0. The third-order valence-corrected chi connectivity index (χ3v) is 4.27. The van der Waals surface area contributed by atoms with Crippen LogP contribution in [0.5, 0.6) is 0 Å². The number of anilines is 1. The van der Waals surface area contributed by atoms with Crippen LogP contribution in [-0.2, 0) is 4.79 Å². The lowest BCUT2D eigenvalue weighted by molar-refractivity contribution is -0.120. The van der Waals surface area contributed by atoms with Crippen molar-refractivity contribution in [1.82, 2.24) is 5.32 Å². The van der Waals surface area contributed by atoms with Crippen LogP contribution >= 0.6 is 47.8 Å². The molecule has 2 N–H and O–H groups in total. The van der Waals surface area contributed by atoms with E-state index in [1.807, 2.05) is 19.1 Å². The molecule has 0 aliphatic carbocycles. The minimum absolute atomic E-state index is 0.00247. The first-order valence-electron chi connectivity index (χ1n) is 6.11. The number of hydrogen-bond donors (Lipinski definition) is 2. The van der Waals surface area contributed by atoms with Crippen LogP contribution in [-0.4, -0.2) is 18.5 Å². The maximum atomic E-state index is 11.8. The fourth-order valence-electron chi connectivity index (χ4n) is 1.71. The van der Waals surface area contributed by atoms with Gasteiger partial charge in [0.05, 0.1) is 12.2 Å².